The molecule has 138 valence electrons. The number of nitrogens with one attached hydrogen (secondary N) is 1. The quantitative estimate of drug-likeness (QED) is 0.739. The van der Waals surface area contributed by atoms with Gasteiger partial charge in [-0.25, -0.2) is 4.68 Å². The maximum atomic E-state index is 12.4. The zero-order valence-corrected chi connectivity index (χ0v) is 15.7. The van der Waals surface area contributed by atoms with E-state index in [0.717, 1.165) is 16.8 Å². The molecule has 1 N–H and O–H groups in total. The van der Waals surface area contributed by atoms with Gasteiger partial charge in [0.15, 0.2) is 0 Å². The molecule has 2 aromatic carbocycles. The number of carbonyl (C=O) groups is 1. The highest BCUT2D eigenvalue weighted by atomic mass is 35.5. The normalized spacial score (nSPS) is 15.8. The molecule has 0 radical (unpaired) electrons. The first-order valence-corrected chi connectivity index (χ1v) is 8.84. The minimum Gasteiger partial charge on any atom is -0.497 e. The van der Waals surface area contributed by atoms with E-state index in [2.05, 4.69) is 10.4 Å². The smallest absolute Gasteiger partial charge is 0.226 e. The van der Waals surface area contributed by atoms with E-state index in [1.807, 2.05) is 30.3 Å². The molecule has 1 atom stereocenters. The summed E-state index contributed by atoms with van der Waals surface area (Å²) < 4.78 is 12.5. The van der Waals surface area contributed by atoms with Gasteiger partial charge in [-0.15, -0.1) is 0 Å². The largest absolute Gasteiger partial charge is 0.497 e. The lowest BCUT2D eigenvalue weighted by atomic mass is 9.86. The fraction of sp³-hybridized carbons (Fsp3) is 0.200. The minimum atomic E-state index is -0.157. The second kappa shape index (κ2) is 6.96. The first-order valence-electron chi connectivity index (χ1n) is 8.46. The molecule has 4 rings (SSSR count). The third-order valence-electron chi connectivity index (χ3n) is 4.71. The Labute approximate surface area is 161 Å². The Balaban J connectivity index is 1.81. The number of methoxy groups -OCH3 is 2. The Morgan fingerprint density at radius 2 is 1.89 bits per heavy atom. The molecule has 0 saturated carbocycles. The van der Waals surface area contributed by atoms with Crippen molar-refractivity contribution in [1.29, 1.82) is 0 Å². The van der Waals surface area contributed by atoms with Gasteiger partial charge in [0.1, 0.15) is 17.3 Å². The molecule has 0 bridgehead atoms. The molecule has 2 heterocycles. The van der Waals surface area contributed by atoms with E-state index in [-0.39, 0.29) is 11.8 Å². The summed E-state index contributed by atoms with van der Waals surface area (Å²) in [6.07, 6.45) is 2.11. The van der Waals surface area contributed by atoms with Gasteiger partial charge in [-0.3, -0.25) is 4.79 Å². The highest BCUT2D eigenvalue weighted by molar-refractivity contribution is 6.30. The second-order valence-corrected chi connectivity index (χ2v) is 6.69. The topological polar surface area (TPSA) is 65.4 Å². The van der Waals surface area contributed by atoms with Gasteiger partial charge >= 0.3 is 0 Å². The number of hydrogen-bond donors (Lipinski definition) is 1. The first kappa shape index (κ1) is 17.4. The van der Waals surface area contributed by atoms with Crippen molar-refractivity contribution in [3.8, 4) is 17.2 Å². The summed E-state index contributed by atoms with van der Waals surface area (Å²) in [7, 11) is 3.22. The van der Waals surface area contributed by atoms with Crippen LogP contribution < -0.4 is 14.8 Å². The average Bonchev–Trinajstić information content (AvgIpc) is 3.11. The van der Waals surface area contributed by atoms with Crippen LogP contribution in [0.1, 0.15) is 23.5 Å². The number of fused-ring (bicyclic) bond motifs is 1. The summed E-state index contributed by atoms with van der Waals surface area (Å²) in [5.74, 6) is 1.82. The van der Waals surface area contributed by atoms with Crippen molar-refractivity contribution in [3.63, 3.8) is 0 Å². The summed E-state index contributed by atoms with van der Waals surface area (Å²) in [6, 6.07) is 12.9. The molecule has 1 aliphatic rings. The Morgan fingerprint density at radius 3 is 2.59 bits per heavy atom. The van der Waals surface area contributed by atoms with E-state index >= 15 is 0 Å². The molecule has 0 aliphatic carbocycles. The highest BCUT2D eigenvalue weighted by Crippen LogP contribution is 2.42. The van der Waals surface area contributed by atoms with Crippen molar-refractivity contribution in [2.45, 2.75) is 12.3 Å². The molecular formula is C20H18ClN3O3. The fourth-order valence-corrected chi connectivity index (χ4v) is 3.51. The van der Waals surface area contributed by atoms with Crippen molar-refractivity contribution in [2.75, 3.05) is 19.5 Å². The van der Waals surface area contributed by atoms with Crippen LogP contribution in [-0.2, 0) is 4.79 Å². The number of ether oxygens (including phenoxy) is 2. The van der Waals surface area contributed by atoms with E-state index in [4.69, 9.17) is 21.1 Å². The molecule has 0 spiro atoms. The van der Waals surface area contributed by atoms with Crippen LogP contribution in [0.4, 0.5) is 5.82 Å². The molecular weight excluding hydrogens is 366 g/mol. The van der Waals surface area contributed by atoms with E-state index in [1.165, 1.54) is 0 Å². The molecule has 1 amide bonds. The van der Waals surface area contributed by atoms with E-state index in [1.54, 1.807) is 37.2 Å². The summed E-state index contributed by atoms with van der Waals surface area (Å²) in [5, 5.41) is 8.08. The van der Waals surface area contributed by atoms with Crippen molar-refractivity contribution in [3.05, 3.63) is 64.8 Å². The van der Waals surface area contributed by atoms with Gasteiger partial charge in [0.05, 0.1) is 26.1 Å². The monoisotopic (exact) mass is 383 g/mol. The SMILES string of the molecule is COc1ccc([C@H]2CC(=O)Nc3c2cnn3-c2ccc(Cl)cc2)c(OC)c1. The number of nitrogens with zero attached hydrogens (tertiary/aromatic N) is 2. The third kappa shape index (κ3) is 3.13. The third-order valence-corrected chi connectivity index (χ3v) is 4.96. The highest BCUT2D eigenvalue weighted by Gasteiger charge is 2.32. The van der Waals surface area contributed by atoms with Gasteiger partial charge in [-0.2, -0.15) is 5.10 Å². The number of carbonyl (C=O) groups excluding carboxylic acids is 1. The number of aromatic nitrogens is 2. The molecule has 27 heavy (non-hydrogen) atoms. The maximum Gasteiger partial charge on any atom is 0.226 e. The lowest BCUT2D eigenvalue weighted by molar-refractivity contribution is -0.116. The van der Waals surface area contributed by atoms with Crippen LogP contribution in [0.3, 0.4) is 0 Å². The van der Waals surface area contributed by atoms with Crippen molar-refractivity contribution in [1.82, 2.24) is 9.78 Å². The minimum absolute atomic E-state index is 0.0684. The summed E-state index contributed by atoms with van der Waals surface area (Å²) >= 11 is 5.98. The summed E-state index contributed by atoms with van der Waals surface area (Å²) in [4.78, 5) is 12.4. The first-order chi connectivity index (χ1) is 13.1. The fourth-order valence-electron chi connectivity index (χ4n) is 3.38. The van der Waals surface area contributed by atoms with Crippen LogP contribution in [-0.4, -0.2) is 29.9 Å². The zero-order chi connectivity index (χ0) is 19.0. The number of rotatable bonds is 4. The van der Waals surface area contributed by atoms with Crippen molar-refractivity contribution < 1.29 is 14.3 Å². The summed E-state index contributed by atoms with van der Waals surface area (Å²) in [6.45, 7) is 0. The Kier molecular flexibility index (Phi) is 4.49. The zero-order valence-electron chi connectivity index (χ0n) is 14.9. The molecule has 0 fully saturated rings. The predicted octanol–water partition coefficient (Wildman–Crippen LogP) is 4.02. The van der Waals surface area contributed by atoms with Crippen molar-refractivity contribution in [2.24, 2.45) is 0 Å². The molecule has 6 nitrogen and oxygen atoms in total. The van der Waals surface area contributed by atoms with E-state index < -0.39 is 0 Å². The molecule has 7 heteroatoms. The van der Waals surface area contributed by atoms with Crippen LogP contribution in [0.25, 0.3) is 5.69 Å². The van der Waals surface area contributed by atoms with Gasteiger partial charge < -0.3 is 14.8 Å². The molecule has 1 aliphatic heterocycles. The van der Waals surface area contributed by atoms with Crippen LogP contribution in [0.2, 0.25) is 5.02 Å². The molecule has 0 unspecified atom stereocenters. The van der Waals surface area contributed by atoms with Crippen molar-refractivity contribution >= 4 is 23.3 Å². The van der Waals surface area contributed by atoms with Gasteiger partial charge in [-0.1, -0.05) is 17.7 Å². The Hall–Kier alpha value is -2.99. The van der Waals surface area contributed by atoms with E-state index in [0.29, 0.717) is 28.8 Å². The molecule has 3 aromatic rings. The summed E-state index contributed by atoms with van der Waals surface area (Å²) in [5.41, 5.74) is 2.68. The van der Waals surface area contributed by atoms with Gasteiger partial charge in [-0.05, 0) is 30.3 Å². The van der Waals surface area contributed by atoms with Crippen LogP contribution in [0, 0.1) is 0 Å². The van der Waals surface area contributed by atoms with Crippen LogP contribution >= 0.6 is 11.6 Å². The standard InChI is InChI=1S/C20H18ClN3O3/c1-26-14-7-8-15(18(9-14)27-2)16-10-19(25)23-20-17(16)11-22-24(20)13-5-3-12(21)4-6-13/h3-9,11,16H,10H2,1-2H3,(H,23,25)/t16-/m1/s1. The number of benzene rings is 2. The number of amides is 1. The Morgan fingerprint density at radius 1 is 1.11 bits per heavy atom. The maximum absolute atomic E-state index is 12.4. The van der Waals surface area contributed by atoms with E-state index in [9.17, 15) is 4.79 Å². The number of halogens is 1. The van der Waals surface area contributed by atoms with Gasteiger partial charge in [0, 0.05) is 34.6 Å². The average molecular weight is 384 g/mol. The predicted molar refractivity (Wildman–Crippen MR) is 103 cm³/mol. The number of anilines is 1. The second-order valence-electron chi connectivity index (χ2n) is 6.25. The number of hydrogen-bond acceptors (Lipinski definition) is 4. The lowest BCUT2D eigenvalue weighted by Gasteiger charge is -2.25. The molecule has 0 saturated heterocycles. The lowest BCUT2D eigenvalue weighted by Crippen LogP contribution is -2.24. The Bertz CT molecular complexity index is 998. The molecule has 1 aromatic heterocycles. The van der Waals surface area contributed by atoms with Crippen LogP contribution in [0.5, 0.6) is 11.5 Å². The van der Waals surface area contributed by atoms with Gasteiger partial charge in [0.25, 0.3) is 0 Å². The van der Waals surface area contributed by atoms with Crippen LogP contribution in [0.15, 0.2) is 48.7 Å². The van der Waals surface area contributed by atoms with Gasteiger partial charge in [0.2, 0.25) is 5.91 Å².